The Kier molecular flexibility index (Phi) is 7.21. The molecule has 4 heteroatoms. The Morgan fingerprint density at radius 1 is 1.48 bits per heavy atom. The van der Waals surface area contributed by atoms with Crippen LogP contribution in [0.1, 0.15) is 46.5 Å². The highest BCUT2D eigenvalue weighted by atomic mass is 16.3. The van der Waals surface area contributed by atoms with E-state index in [2.05, 4.69) is 30.0 Å². The van der Waals surface area contributed by atoms with Crippen molar-refractivity contribution in [2.24, 2.45) is 11.8 Å². The summed E-state index contributed by atoms with van der Waals surface area (Å²) in [5.74, 6) is 3.33. The van der Waals surface area contributed by atoms with E-state index in [4.69, 9.17) is 6.42 Å². The Balaban J connectivity index is 2.29. The van der Waals surface area contributed by atoms with E-state index in [-0.39, 0.29) is 11.8 Å². The number of rotatable bonds is 7. The van der Waals surface area contributed by atoms with Crippen molar-refractivity contribution in [1.82, 2.24) is 10.2 Å². The SMILES string of the molecule is C#CCN1CCC(C(=O)NCC(C)(O)CCC(C)C)CC1. The molecule has 1 rings (SSSR count). The molecule has 4 nitrogen and oxygen atoms in total. The maximum atomic E-state index is 12.2. The topological polar surface area (TPSA) is 52.6 Å². The van der Waals surface area contributed by atoms with Gasteiger partial charge in [-0.15, -0.1) is 6.42 Å². The first-order valence-electron chi connectivity index (χ1n) is 8.00. The van der Waals surface area contributed by atoms with E-state index in [0.717, 1.165) is 32.4 Å². The van der Waals surface area contributed by atoms with E-state index in [0.29, 0.717) is 25.4 Å². The highest BCUT2D eigenvalue weighted by Crippen LogP contribution is 2.19. The molecule has 1 amide bonds. The summed E-state index contributed by atoms with van der Waals surface area (Å²) < 4.78 is 0. The molecule has 120 valence electrons. The van der Waals surface area contributed by atoms with E-state index in [1.54, 1.807) is 6.92 Å². The third kappa shape index (κ3) is 6.97. The maximum Gasteiger partial charge on any atom is 0.223 e. The number of hydrogen-bond acceptors (Lipinski definition) is 3. The first-order valence-corrected chi connectivity index (χ1v) is 8.00. The molecule has 0 bridgehead atoms. The van der Waals surface area contributed by atoms with Gasteiger partial charge in [0, 0.05) is 12.5 Å². The van der Waals surface area contributed by atoms with Gasteiger partial charge in [0.25, 0.3) is 0 Å². The van der Waals surface area contributed by atoms with Crippen LogP contribution in [0.2, 0.25) is 0 Å². The molecule has 0 aromatic carbocycles. The number of amides is 1. The fourth-order valence-electron chi connectivity index (χ4n) is 2.59. The molecule has 0 saturated carbocycles. The molecule has 1 saturated heterocycles. The number of terminal acetylenes is 1. The van der Waals surface area contributed by atoms with Gasteiger partial charge in [0.15, 0.2) is 0 Å². The molecule has 1 aliphatic heterocycles. The number of piperidine rings is 1. The quantitative estimate of drug-likeness (QED) is 0.702. The maximum absolute atomic E-state index is 12.2. The molecule has 1 unspecified atom stereocenters. The summed E-state index contributed by atoms with van der Waals surface area (Å²) in [6.45, 7) is 8.84. The Morgan fingerprint density at radius 2 is 2.10 bits per heavy atom. The zero-order chi connectivity index (χ0) is 15.9. The van der Waals surface area contributed by atoms with E-state index in [1.165, 1.54) is 0 Å². The normalized spacial score (nSPS) is 20.0. The number of carbonyl (C=O) groups is 1. The standard InChI is InChI=1S/C17H30N2O2/c1-5-10-19-11-7-15(8-12-19)16(20)18-13-17(4,21)9-6-14(2)3/h1,14-15,21H,6-13H2,2-4H3,(H,18,20). The second-order valence-corrected chi connectivity index (χ2v) is 6.90. The van der Waals surface area contributed by atoms with Crippen LogP contribution >= 0.6 is 0 Å². The lowest BCUT2D eigenvalue weighted by Gasteiger charge is -2.31. The first-order chi connectivity index (χ1) is 9.84. The van der Waals surface area contributed by atoms with Crippen molar-refractivity contribution in [2.75, 3.05) is 26.2 Å². The minimum Gasteiger partial charge on any atom is -0.388 e. The highest BCUT2D eigenvalue weighted by molar-refractivity contribution is 5.78. The lowest BCUT2D eigenvalue weighted by Crippen LogP contribution is -2.45. The Morgan fingerprint density at radius 3 is 2.62 bits per heavy atom. The third-order valence-corrected chi connectivity index (χ3v) is 4.18. The molecule has 1 atom stereocenters. The molecule has 1 heterocycles. The zero-order valence-corrected chi connectivity index (χ0v) is 13.7. The van der Waals surface area contributed by atoms with Gasteiger partial charge in [0.1, 0.15) is 0 Å². The minimum atomic E-state index is -0.815. The monoisotopic (exact) mass is 294 g/mol. The van der Waals surface area contributed by atoms with Gasteiger partial charge in [-0.1, -0.05) is 19.8 Å². The molecule has 1 fully saturated rings. The van der Waals surface area contributed by atoms with Gasteiger partial charge in [0.2, 0.25) is 5.91 Å². The van der Waals surface area contributed by atoms with Crippen LogP contribution in [0, 0.1) is 24.2 Å². The average molecular weight is 294 g/mol. The van der Waals surface area contributed by atoms with Crippen molar-refractivity contribution in [1.29, 1.82) is 0 Å². The van der Waals surface area contributed by atoms with Crippen LogP contribution in [-0.4, -0.2) is 47.7 Å². The van der Waals surface area contributed by atoms with E-state index in [9.17, 15) is 9.90 Å². The summed E-state index contributed by atoms with van der Waals surface area (Å²) in [5, 5.41) is 13.2. The van der Waals surface area contributed by atoms with Gasteiger partial charge in [0.05, 0.1) is 12.1 Å². The van der Waals surface area contributed by atoms with Gasteiger partial charge in [-0.05, 0) is 51.6 Å². The van der Waals surface area contributed by atoms with Gasteiger partial charge in [-0.25, -0.2) is 0 Å². The predicted molar refractivity (Wildman–Crippen MR) is 85.7 cm³/mol. The van der Waals surface area contributed by atoms with E-state index in [1.807, 2.05) is 0 Å². The molecular formula is C17H30N2O2. The molecule has 0 spiro atoms. The van der Waals surface area contributed by atoms with Gasteiger partial charge >= 0.3 is 0 Å². The second kappa shape index (κ2) is 8.41. The molecule has 0 aromatic heterocycles. The summed E-state index contributed by atoms with van der Waals surface area (Å²) in [5.41, 5.74) is -0.815. The van der Waals surface area contributed by atoms with Crippen molar-refractivity contribution in [2.45, 2.75) is 52.1 Å². The largest absolute Gasteiger partial charge is 0.388 e. The summed E-state index contributed by atoms with van der Waals surface area (Å²) in [4.78, 5) is 14.4. The molecule has 0 radical (unpaired) electrons. The van der Waals surface area contributed by atoms with Crippen molar-refractivity contribution >= 4 is 5.91 Å². The molecular weight excluding hydrogens is 264 g/mol. The molecule has 0 aromatic rings. The van der Waals surface area contributed by atoms with Crippen LogP contribution in [0.3, 0.4) is 0 Å². The number of hydrogen-bond donors (Lipinski definition) is 2. The first kappa shape index (κ1) is 18.0. The molecule has 0 aliphatic carbocycles. The van der Waals surface area contributed by atoms with Crippen LogP contribution in [0.5, 0.6) is 0 Å². The average Bonchev–Trinajstić information content (AvgIpc) is 2.44. The summed E-state index contributed by atoms with van der Waals surface area (Å²) in [6.07, 6.45) is 8.68. The predicted octanol–water partition coefficient (Wildman–Crippen LogP) is 1.63. The number of carbonyl (C=O) groups excluding carboxylic acids is 1. The van der Waals surface area contributed by atoms with Gasteiger partial charge in [-0.3, -0.25) is 9.69 Å². The van der Waals surface area contributed by atoms with E-state index < -0.39 is 5.60 Å². The fraction of sp³-hybridized carbons (Fsp3) is 0.824. The van der Waals surface area contributed by atoms with Crippen molar-refractivity contribution in [3.05, 3.63) is 0 Å². The van der Waals surface area contributed by atoms with Crippen LogP contribution in [0.25, 0.3) is 0 Å². The Bertz CT molecular complexity index is 363. The highest BCUT2D eigenvalue weighted by Gasteiger charge is 2.27. The van der Waals surface area contributed by atoms with Crippen molar-refractivity contribution < 1.29 is 9.90 Å². The third-order valence-electron chi connectivity index (χ3n) is 4.18. The number of nitrogens with zero attached hydrogens (tertiary/aromatic N) is 1. The van der Waals surface area contributed by atoms with Gasteiger partial charge < -0.3 is 10.4 Å². The van der Waals surface area contributed by atoms with E-state index >= 15 is 0 Å². The smallest absolute Gasteiger partial charge is 0.223 e. The number of likely N-dealkylation sites (tertiary alicyclic amines) is 1. The molecule has 2 N–H and O–H groups in total. The second-order valence-electron chi connectivity index (χ2n) is 6.90. The summed E-state index contributed by atoms with van der Waals surface area (Å²) in [6, 6.07) is 0. The number of nitrogens with one attached hydrogen (secondary N) is 1. The number of aliphatic hydroxyl groups is 1. The van der Waals surface area contributed by atoms with Crippen LogP contribution in [-0.2, 0) is 4.79 Å². The lowest BCUT2D eigenvalue weighted by atomic mass is 9.93. The van der Waals surface area contributed by atoms with Crippen LogP contribution < -0.4 is 5.32 Å². The zero-order valence-electron chi connectivity index (χ0n) is 13.7. The van der Waals surface area contributed by atoms with Crippen molar-refractivity contribution in [3.63, 3.8) is 0 Å². The minimum absolute atomic E-state index is 0.0555. The summed E-state index contributed by atoms with van der Waals surface area (Å²) in [7, 11) is 0. The van der Waals surface area contributed by atoms with Crippen LogP contribution in [0.15, 0.2) is 0 Å². The summed E-state index contributed by atoms with van der Waals surface area (Å²) >= 11 is 0. The molecule has 1 aliphatic rings. The van der Waals surface area contributed by atoms with Crippen LogP contribution in [0.4, 0.5) is 0 Å². The van der Waals surface area contributed by atoms with Crippen molar-refractivity contribution in [3.8, 4) is 12.3 Å². The Labute approximate surface area is 129 Å². The van der Waals surface area contributed by atoms with Gasteiger partial charge in [-0.2, -0.15) is 0 Å². The molecule has 21 heavy (non-hydrogen) atoms. The Hall–Kier alpha value is -1.05. The lowest BCUT2D eigenvalue weighted by molar-refractivity contribution is -0.127. The fourth-order valence-corrected chi connectivity index (χ4v) is 2.59.